The van der Waals surface area contributed by atoms with Gasteiger partial charge in [0.05, 0.1) is 18.7 Å². The fraction of sp³-hybridized carbons (Fsp3) is 0.200. The number of allylic oxidation sites excluding steroid dienone is 1. The Bertz CT molecular complexity index is 945. The average molecular weight is 403 g/mol. The van der Waals surface area contributed by atoms with Gasteiger partial charge in [-0.1, -0.05) is 18.2 Å². The number of hydrogen-bond acceptors (Lipinski definition) is 4. The van der Waals surface area contributed by atoms with E-state index in [-0.39, 0.29) is 16.9 Å². The molecule has 2 aromatic rings. The Morgan fingerprint density at radius 3 is 2.48 bits per heavy atom. The van der Waals surface area contributed by atoms with Crippen LogP contribution in [0.4, 0.5) is 19.3 Å². The number of halogens is 2. The lowest BCUT2D eigenvalue weighted by atomic mass is 9.94. The maximum atomic E-state index is 13.0. The molecule has 7 nitrogen and oxygen atoms in total. The van der Waals surface area contributed by atoms with E-state index in [1.807, 2.05) is 0 Å². The Morgan fingerprint density at radius 2 is 1.83 bits per heavy atom. The second kappa shape index (κ2) is 8.59. The molecule has 0 unspecified atom stereocenters. The number of benzene rings is 2. The van der Waals surface area contributed by atoms with Crippen LogP contribution < -0.4 is 25.4 Å². The lowest BCUT2D eigenvalue weighted by molar-refractivity contribution is -0.113. The number of carbonyl (C=O) groups is 2. The van der Waals surface area contributed by atoms with Gasteiger partial charge in [-0.25, -0.2) is 4.79 Å². The van der Waals surface area contributed by atoms with Crippen molar-refractivity contribution in [2.45, 2.75) is 19.6 Å². The summed E-state index contributed by atoms with van der Waals surface area (Å²) in [5, 5.41) is 7.87. The molecule has 1 atom stereocenters. The summed E-state index contributed by atoms with van der Waals surface area (Å²) in [6.07, 6.45) is 0. The van der Waals surface area contributed by atoms with E-state index in [1.54, 1.807) is 37.3 Å². The second-order valence-electron chi connectivity index (χ2n) is 6.17. The number of nitrogens with one attached hydrogen (secondary N) is 3. The van der Waals surface area contributed by atoms with Crippen LogP contribution in [0, 0.1) is 0 Å². The summed E-state index contributed by atoms with van der Waals surface area (Å²) in [6, 6.07) is 11.1. The van der Waals surface area contributed by atoms with E-state index in [9.17, 15) is 18.4 Å². The fourth-order valence-electron chi connectivity index (χ4n) is 3.02. The SMILES string of the molecule is COc1ccc(NC(=O)C2=C(C)NC(=O)N[C@@H]2c2ccccc2OC(F)F)cc1. The topological polar surface area (TPSA) is 88.7 Å². The Balaban J connectivity index is 1.95. The highest BCUT2D eigenvalue weighted by molar-refractivity contribution is 6.06. The molecule has 3 N–H and O–H groups in total. The molecule has 0 spiro atoms. The van der Waals surface area contributed by atoms with Crippen LogP contribution in [0.25, 0.3) is 0 Å². The minimum atomic E-state index is -3.05. The highest BCUT2D eigenvalue weighted by atomic mass is 19.3. The van der Waals surface area contributed by atoms with Crippen molar-refractivity contribution in [2.24, 2.45) is 0 Å². The van der Waals surface area contributed by atoms with Gasteiger partial charge in [0.1, 0.15) is 11.5 Å². The van der Waals surface area contributed by atoms with Crippen LogP contribution >= 0.6 is 0 Å². The summed E-state index contributed by atoms with van der Waals surface area (Å²) < 4.78 is 35.3. The molecule has 9 heteroatoms. The molecule has 0 bridgehead atoms. The quantitative estimate of drug-likeness (QED) is 0.688. The number of methoxy groups -OCH3 is 1. The van der Waals surface area contributed by atoms with Crippen molar-refractivity contribution >= 4 is 17.6 Å². The molecule has 0 saturated carbocycles. The summed E-state index contributed by atoms with van der Waals surface area (Å²) in [6.45, 7) is -1.49. The van der Waals surface area contributed by atoms with Gasteiger partial charge in [-0.2, -0.15) is 8.78 Å². The number of ether oxygens (including phenoxy) is 2. The number of anilines is 1. The second-order valence-corrected chi connectivity index (χ2v) is 6.17. The van der Waals surface area contributed by atoms with Crippen molar-refractivity contribution in [3.63, 3.8) is 0 Å². The first-order valence-corrected chi connectivity index (χ1v) is 8.66. The third-order valence-corrected chi connectivity index (χ3v) is 4.31. The van der Waals surface area contributed by atoms with E-state index in [1.165, 1.54) is 25.3 Å². The van der Waals surface area contributed by atoms with Crippen LogP contribution in [0.5, 0.6) is 11.5 Å². The number of amides is 3. The molecular weight excluding hydrogens is 384 g/mol. The molecule has 2 aromatic carbocycles. The van der Waals surface area contributed by atoms with E-state index >= 15 is 0 Å². The smallest absolute Gasteiger partial charge is 0.387 e. The van der Waals surface area contributed by atoms with Crippen LogP contribution in [0.3, 0.4) is 0 Å². The van der Waals surface area contributed by atoms with Crippen molar-refractivity contribution in [1.82, 2.24) is 10.6 Å². The molecule has 152 valence electrons. The van der Waals surface area contributed by atoms with Gasteiger partial charge in [0.25, 0.3) is 5.91 Å². The zero-order valence-corrected chi connectivity index (χ0v) is 15.7. The summed E-state index contributed by atoms with van der Waals surface area (Å²) in [5.41, 5.74) is 1.22. The lowest BCUT2D eigenvalue weighted by Crippen LogP contribution is -2.46. The van der Waals surface area contributed by atoms with E-state index in [2.05, 4.69) is 20.7 Å². The summed E-state index contributed by atoms with van der Waals surface area (Å²) in [5.74, 6) is -0.00444. The molecule has 1 aliphatic rings. The summed E-state index contributed by atoms with van der Waals surface area (Å²) >= 11 is 0. The van der Waals surface area contributed by atoms with Crippen LogP contribution in [-0.2, 0) is 4.79 Å². The van der Waals surface area contributed by atoms with Crippen LogP contribution in [0.15, 0.2) is 59.8 Å². The van der Waals surface area contributed by atoms with Gasteiger partial charge < -0.3 is 25.4 Å². The molecule has 1 aliphatic heterocycles. The molecule has 0 aliphatic carbocycles. The number of alkyl halides is 2. The molecule has 0 aromatic heterocycles. The number of carbonyl (C=O) groups excluding carboxylic acids is 2. The fourth-order valence-corrected chi connectivity index (χ4v) is 3.02. The molecule has 0 saturated heterocycles. The predicted octanol–water partition coefficient (Wildman–Crippen LogP) is 3.56. The largest absolute Gasteiger partial charge is 0.497 e. The van der Waals surface area contributed by atoms with Gasteiger partial charge >= 0.3 is 12.6 Å². The first-order valence-electron chi connectivity index (χ1n) is 8.66. The first kappa shape index (κ1) is 20.1. The zero-order chi connectivity index (χ0) is 21.0. The third-order valence-electron chi connectivity index (χ3n) is 4.31. The van der Waals surface area contributed by atoms with Gasteiger partial charge in [0.15, 0.2) is 0 Å². The van der Waals surface area contributed by atoms with Crippen LogP contribution in [0.1, 0.15) is 18.5 Å². The van der Waals surface area contributed by atoms with Crippen LogP contribution in [0.2, 0.25) is 0 Å². The van der Waals surface area contributed by atoms with Gasteiger partial charge in [-0.05, 0) is 37.3 Å². The van der Waals surface area contributed by atoms with Gasteiger partial charge in [-0.3, -0.25) is 4.79 Å². The van der Waals surface area contributed by atoms with Crippen molar-refractivity contribution in [3.05, 3.63) is 65.4 Å². The van der Waals surface area contributed by atoms with Gasteiger partial charge in [0.2, 0.25) is 0 Å². The number of urea groups is 1. The Labute approximate surface area is 165 Å². The van der Waals surface area contributed by atoms with E-state index in [0.29, 0.717) is 17.1 Å². The van der Waals surface area contributed by atoms with Crippen molar-refractivity contribution in [2.75, 3.05) is 12.4 Å². The molecule has 0 radical (unpaired) electrons. The number of hydrogen-bond donors (Lipinski definition) is 3. The summed E-state index contributed by atoms with van der Waals surface area (Å²) in [7, 11) is 1.53. The standard InChI is InChI=1S/C20H19F2N3O4/c1-11-16(18(26)24-12-7-9-13(28-2)10-8-12)17(25-20(27)23-11)14-5-3-4-6-15(14)29-19(21)22/h3-10,17,19H,1-2H3,(H,24,26)(H2,23,25,27)/t17-/m1/s1. The number of rotatable bonds is 6. The van der Waals surface area contributed by atoms with Crippen molar-refractivity contribution in [1.29, 1.82) is 0 Å². The third kappa shape index (κ3) is 4.63. The molecule has 3 rings (SSSR count). The first-order chi connectivity index (χ1) is 13.9. The van der Waals surface area contributed by atoms with Crippen molar-refractivity contribution in [3.8, 4) is 11.5 Å². The normalized spacial score (nSPS) is 16.2. The maximum absolute atomic E-state index is 13.0. The van der Waals surface area contributed by atoms with Gasteiger partial charge in [-0.15, -0.1) is 0 Å². The van der Waals surface area contributed by atoms with Crippen LogP contribution in [-0.4, -0.2) is 25.7 Å². The van der Waals surface area contributed by atoms with E-state index < -0.39 is 24.6 Å². The van der Waals surface area contributed by atoms with E-state index in [0.717, 1.165) is 0 Å². The highest BCUT2D eigenvalue weighted by Crippen LogP contribution is 2.34. The minimum absolute atomic E-state index is 0.128. The molecule has 3 amide bonds. The molecule has 1 heterocycles. The Hall–Kier alpha value is -3.62. The Kier molecular flexibility index (Phi) is 5.96. The molecular formula is C20H19F2N3O4. The number of para-hydroxylation sites is 1. The lowest BCUT2D eigenvalue weighted by Gasteiger charge is -2.29. The van der Waals surface area contributed by atoms with Gasteiger partial charge in [0, 0.05) is 16.9 Å². The minimum Gasteiger partial charge on any atom is -0.497 e. The Morgan fingerprint density at radius 1 is 1.14 bits per heavy atom. The molecule has 29 heavy (non-hydrogen) atoms. The van der Waals surface area contributed by atoms with E-state index in [4.69, 9.17) is 4.74 Å². The maximum Gasteiger partial charge on any atom is 0.387 e. The zero-order valence-electron chi connectivity index (χ0n) is 15.7. The predicted molar refractivity (Wildman–Crippen MR) is 102 cm³/mol. The molecule has 0 fully saturated rings. The van der Waals surface area contributed by atoms with Crippen molar-refractivity contribution < 1.29 is 27.8 Å². The highest BCUT2D eigenvalue weighted by Gasteiger charge is 2.33. The average Bonchev–Trinajstić information content (AvgIpc) is 2.68. The summed E-state index contributed by atoms with van der Waals surface area (Å²) in [4.78, 5) is 25.0. The monoisotopic (exact) mass is 403 g/mol.